The molecule has 1 aromatic heterocycles. The lowest BCUT2D eigenvalue weighted by molar-refractivity contribution is 0.619. The van der Waals surface area contributed by atoms with Crippen LogP contribution in [0.5, 0.6) is 0 Å². The average molecular weight is 201 g/mol. The zero-order valence-electron chi connectivity index (χ0n) is 8.79. The predicted octanol–water partition coefficient (Wildman–Crippen LogP) is 3.50. The van der Waals surface area contributed by atoms with Gasteiger partial charge in [0.2, 0.25) is 0 Å². The van der Waals surface area contributed by atoms with Crippen LogP contribution < -0.4 is 0 Å². The maximum absolute atomic E-state index is 13.1. The number of hydrogen-bond donors (Lipinski definition) is 0. The first kappa shape index (κ1) is 9.84. The van der Waals surface area contributed by atoms with E-state index in [1.165, 1.54) is 6.07 Å². The molecule has 2 rings (SSSR count). The third-order valence-corrected chi connectivity index (χ3v) is 2.37. The summed E-state index contributed by atoms with van der Waals surface area (Å²) in [6, 6.07) is 8.99. The zero-order valence-corrected chi connectivity index (χ0v) is 8.79. The minimum Gasteiger partial charge on any atom is -0.256 e. The van der Waals surface area contributed by atoms with E-state index in [2.05, 4.69) is 4.98 Å². The molecule has 0 aliphatic heterocycles. The Hall–Kier alpha value is -1.70. The summed E-state index contributed by atoms with van der Waals surface area (Å²) in [6.07, 6.45) is 1.77. The molecule has 1 aromatic carbocycles. The number of rotatable bonds is 1. The van der Waals surface area contributed by atoms with Crippen molar-refractivity contribution in [3.05, 3.63) is 53.5 Å². The zero-order chi connectivity index (χ0) is 10.8. The monoisotopic (exact) mass is 201 g/mol. The molecule has 76 valence electrons. The van der Waals surface area contributed by atoms with Crippen LogP contribution in [0.2, 0.25) is 0 Å². The number of halogens is 1. The molecule has 0 radical (unpaired) electrons. The Bertz CT molecular complexity index is 492. The van der Waals surface area contributed by atoms with E-state index in [0.29, 0.717) is 5.56 Å². The van der Waals surface area contributed by atoms with Gasteiger partial charge in [-0.25, -0.2) is 4.39 Å². The number of hydrogen-bond acceptors (Lipinski definition) is 1. The van der Waals surface area contributed by atoms with Crippen LogP contribution in [0.4, 0.5) is 4.39 Å². The third kappa shape index (κ3) is 2.04. The first-order valence-electron chi connectivity index (χ1n) is 4.86. The van der Waals surface area contributed by atoms with E-state index in [1.54, 1.807) is 19.2 Å². The molecule has 0 saturated heterocycles. The van der Waals surface area contributed by atoms with Gasteiger partial charge in [0.25, 0.3) is 0 Å². The molecule has 0 spiro atoms. The van der Waals surface area contributed by atoms with Gasteiger partial charge in [-0.15, -0.1) is 0 Å². The van der Waals surface area contributed by atoms with Gasteiger partial charge >= 0.3 is 0 Å². The summed E-state index contributed by atoms with van der Waals surface area (Å²) in [5, 5.41) is 0. The van der Waals surface area contributed by atoms with E-state index in [0.717, 1.165) is 16.8 Å². The topological polar surface area (TPSA) is 12.9 Å². The molecule has 0 amide bonds. The lowest BCUT2D eigenvalue weighted by Crippen LogP contribution is -1.87. The number of aromatic nitrogens is 1. The Morgan fingerprint density at radius 1 is 1.07 bits per heavy atom. The fourth-order valence-corrected chi connectivity index (χ4v) is 1.50. The molecule has 0 unspecified atom stereocenters. The van der Waals surface area contributed by atoms with Crippen molar-refractivity contribution in [1.29, 1.82) is 0 Å². The highest BCUT2D eigenvalue weighted by Gasteiger charge is 2.02. The molecule has 2 heteroatoms. The van der Waals surface area contributed by atoms with Crippen LogP contribution >= 0.6 is 0 Å². The molecule has 0 saturated carbocycles. The molecule has 15 heavy (non-hydrogen) atoms. The van der Waals surface area contributed by atoms with E-state index < -0.39 is 0 Å². The molecule has 0 bridgehead atoms. The van der Waals surface area contributed by atoms with Gasteiger partial charge in [-0.3, -0.25) is 4.98 Å². The number of aryl methyl sites for hydroxylation is 2. The van der Waals surface area contributed by atoms with Gasteiger partial charge in [-0.1, -0.05) is 0 Å². The predicted molar refractivity (Wildman–Crippen MR) is 59.1 cm³/mol. The first-order chi connectivity index (χ1) is 7.16. The van der Waals surface area contributed by atoms with Gasteiger partial charge in [0.05, 0.1) is 5.69 Å². The Labute approximate surface area is 88.6 Å². The summed E-state index contributed by atoms with van der Waals surface area (Å²) in [5.41, 5.74) is 3.65. The van der Waals surface area contributed by atoms with Crippen molar-refractivity contribution in [3.8, 4) is 11.3 Å². The van der Waals surface area contributed by atoms with Gasteiger partial charge in [0, 0.05) is 11.8 Å². The average Bonchev–Trinajstić information content (AvgIpc) is 2.22. The highest BCUT2D eigenvalue weighted by Crippen LogP contribution is 2.20. The van der Waals surface area contributed by atoms with Gasteiger partial charge in [0.1, 0.15) is 5.82 Å². The lowest BCUT2D eigenvalue weighted by Gasteiger charge is -2.03. The number of pyridine rings is 1. The van der Waals surface area contributed by atoms with Crippen molar-refractivity contribution >= 4 is 0 Å². The highest BCUT2D eigenvalue weighted by atomic mass is 19.1. The van der Waals surface area contributed by atoms with E-state index in [-0.39, 0.29) is 5.82 Å². The maximum atomic E-state index is 13.1. The van der Waals surface area contributed by atoms with Crippen molar-refractivity contribution in [2.45, 2.75) is 13.8 Å². The number of benzene rings is 1. The normalized spacial score (nSPS) is 10.3. The second-order valence-electron chi connectivity index (χ2n) is 3.68. The minimum absolute atomic E-state index is 0.175. The van der Waals surface area contributed by atoms with Crippen LogP contribution in [0.1, 0.15) is 11.1 Å². The van der Waals surface area contributed by atoms with Crippen molar-refractivity contribution in [2.24, 2.45) is 0 Å². The van der Waals surface area contributed by atoms with E-state index >= 15 is 0 Å². The van der Waals surface area contributed by atoms with Crippen molar-refractivity contribution in [3.63, 3.8) is 0 Å². The standard InChI is InChI=1S/C13H12FN/c1-9-5-6-15-13(7-9)11-3-4-12(14)10(2)8-11/h3-8H,1-2H3. The van der Waals surface area contributed by atoms with Crippen LogP contribution in [0.15, 0.2) is 36.5 Å². The van der Waals surface area contributed by atoms with E-state index in [4.69, 9.17) is 0 Å². The molecule has 0 fully saturated rings. The summed E-state index contributed by atoms with van der Waals surface area (Å²) >= 11 is 0. The fourth-order valence-electron chi connectivity index (χ4n) is 1.50. The largest absolute Gasteiger partial charge is 0.256 e. The summed E-state index contributed by atoms with van der Waals surface area (Å²) < 4.78 is 13.1. The van der Waals surface area contributed by atoms with Crippen LogP contribution in [0.25, 0.3) is 11.3 Å². The van der Waals surface area contributed by atoms with Gasteiger partial charge in [-0.2, -0.15) is 0 Å². The summed E-state index contributed by atoms with van der Waals surface area (Å²) in [5.74, 6) is -0.175. The number of nitrogens with zero attached hydrogens (tertiary/aromatic N) is 1. The minimum atomic E-state index is -0.175. The lowest BCUT2D eigenvalue weighted by atomic mass is 10.1. The summed E-state index contributed by atoms with van der Waals surface area (Å²) in [6.45, 7) is 3.77. The van der Waals surface area contributed by atoms with Gasteiger partial charge < -0.3 is 0 Å². The summed E-state index contributed by atoms with van der Waals surface area (Å²) in [4.78, 5) is 4.26. The van der Waals surface area contributed by atoms with Crippen LogP contribution in [-0.4, -0.2) is 4.98 Å². The second kappa shape index (κ2) is 3.81. The van der Waals surface area contributed by atoms with Crippen molar-refractivity contribution in [1.82, 2.24) is 4.98 Å². The maximum Gasteiger partial charge on any atom is 0.126 e. The molecule has 2 aromatic rings. The van der Waals surface area contributed by atoms with E-state index in [1.807, 2.05) is 25.1 Å². The fraction of sp³-hybridized carbons (Fsp3) is 0.154. The SMILES string of the molecule is Cc1ccnc(-c2ccc(F)c(C)c2)c1. The van der Waals surface area contributed by atoms with Crippen molar-refractivity contribution in [2.75, 3.05) is 0 Å². The molecule has 0 aliphatic carbocycles. The van der Waals surface area contributed by atoms with Gasteiger partial charge in [-0.05, 0) is 55.3 Å². The molecule has 1 nitrogen and oxygen atoms in total. The smallest absolute Gasteiger partial charge is 0.126 e. The first-order valence-corrected chi connectivity index (χ1v) is 4.86. The third-order valence-electron chi connectivity index (χ3n) is 2.37. The highest BCUT2D eigenvalue weighted by molar-refractivity contribution is 5.60. The van der Waals surface area contributed by atoms with Gasteiger partial charge in [0.15, 0.2) is 0 Å². The Balaban J connectivity index is 2.50. The molecular formula is C13H12FN. The molecular weight excluding hydrogens is 189 g/mol. The second-order valence-corrected chi connectivity index (χ2v) is 3.68. The van der Waals surface area contributed by atoms with Crippen LogP contribution in [-0.2, 0) is 0 Å². The Kier molecular flexibility index (Phi) is 2.50. The Morgan fingerprint density at radius 2 is 1.87 bits per heavy atom. The molecule has 0 aliphatic rings. The molecule has 1 heterocycles. The molecule has 0 N–H and O–H groups in total. The van der Waals surface area contributed by atoms with Crippen LogP contribution in [0.3, 0.4) is 0 Å². The quantitative estimate of drug-likeness (QED) is 0.688. The van der Waals surface area contributed by atoms with E-state index in [9.17, 15) is 4.39 Å². The molecule has 0 atom stereocenters. The Morgan fingerprint density at radius 3 is 2.53 bits per heavy atom. The van der Waals surface area contributed by atoms with Crippen molar-refractivity contribution < 1.29 is 4.39 Å². The summed E-state index contributed by atoms with van der Waals surface area (Å²) in [7, 11) is 0. The van der Waals surface area contributed by atoms with Crippen LogP contribution in [0, 0.1) is 19.7 Å².